The molecule has 0 aliphatic heterocycles. The Morgan fingerprint density at radius 1 is 0.970 bits per heavy atom. The number of esters is 2. The minimum absolute atomic E-state index is 0. The van der Waals surface area contributed by atoms with Crippen LogP contribution in [-0.2, 0) is 25.6 Å². The smallest absolute Gasteiger partial charge is 1.00 e. The summed E-state index contributed by atoms with van der Waals surface area (Å²) in [5, 5.41) is 12.4. The number of nitrogens with one attached hydrogen (secondary N) is 1. The first kappa shape index (κ1) is 31.5. The number of hydrogen-bond acceptors (Lipinski definition) is 7. The van der Waals surface area contributed by atoms with Crippen LogP contribution in [0.5, 0.6) is 11.5 Å². The number of ether oxygens (including phenoxy) is 2. The summed E-state index contributed by atoms with van der Waals surface area (Å²) in [6, 6.07) is 3.53. The minimum atomic E-state index is -1.11. The molecule has 33 heavy (non-hydrogen) atoms. The zero-order valence-electron chi connectivity index (χ0n) is 22.0. The Balaban J connectivity index is 0. The molecular formula is C24H34KNO7. The SMILES string of the molecule is CC(=O)C=C(C)N[C@@H](Cc1ccc(OC(=O)C(C)(C)C)c(OC(=O)C(C)(C)C)c1)C(=O)O.[H-].[K+]. The van der Waals surface area contributed by atoms with Gasteiger partial charge < -0.3 is 21.3 Å². The van der Waals surface area contributed by atoms with Gasteiger partial charge >= 0.3 is 69.3 Å². The summed E-state index contributed by atoms with van der Waals surface area (Å²) >= 11 is 0. The van der Waals surface area contributed by atoms with Crippen LogP contribution in [0.15, 0.2) is 30.0 Å². The number of carbonyl (C=O) groups excluding carboxylic acids is 3. The maximum absolute atomic E-state index is 12.5. The second-order valence-electron chi connectivity index (χ2n) is 9.74. The average molecular weight is 488 g/mol. The Kier molecular flexibility index (Phi) is 12.2. The molecule has 1 aromatic rings. The van der Waals surface area contributed by atoms with Crippen LogP contribution >= 0.6 is 0 Å². The van der Waals surface area contributed by atoms with Crippen molar-refractivity contribution in [1.82, 2.24) is 5.32 Å². The molecule has 0 aromatic heterocycles. The summed E-state index contributed by atoms with van der Waals surface area (Å²) in [5.74, 6) is -2.26. The standard InChI is InChI=1S/C24H33NO7.K.H/c1-14(11-15(2)26)25-17(20(27)28)12-16-9-10-18(31-21(29)23(3,4)5)19(13-16)32-22(30)24(6,7)8;;/h9-11,13,17,25H,12H2,1-8H3,(H,27,28);;/q;+1;-1/t17-;;/m0../s1. The summed E-state index contributed by atoms with van der Waals surface area (Å²) in [6.07, 6.45) is 1.34. The van der Waals surface area contributed by atoms with Crippen LogP contribution in [0, 0.1) is 10.8 Å². The van der Waals surface area contributed by atoms with E-state index in [-0.39, 0.29) is 76.5 Å². The van der Waals surface area contributed by atoms with E-state index in [9.17, 15) is 24.3 Å². The number of rotatable bonds is 8. The van der Waals surface area contributed by atoms with E-state index in [1.807, 2.05) is 0 Å². The van der Waals surface area contributed by atoms with Crippen LogP contribution in [0.2, 0.25) is 0 Å². The van der Waals surface area contributed by atoms with Crippen molar-refractivity contribution < 1.29 is 86.6 Å². The van der Waals surface area contributed by atoms with Gasteiger partial charge in [0.05, 0.1) is 10.8 Å². The van der Waals surface area contributed by atoms with Crippen LogP contribution in [0.1, 0.15) is 62.4 Å². The van der Waals surface area contributed by atoms with Crippen LogP contribution in [0.25, 0.3) is 0 Å². The van der Waals surface area contributed by atoms with Gasteiger partial charge in [-0.1, -0.05) is 6.07 Å². The van der Waals surface area contributed by atoms with Crippen molar-refractivity contribution in [2.24, 2.45) is 10.8 Å². The molecule has 0 spiro atoms. The number of allylic oxidation sites excluding steroid dienone is 2. The molecule has 0 amide bonds. The van der Waals surface area contributed by atoms with Gasteiger partial charge in [0.25, 0.3) is 0 Å². The Bertz CT molecular complexity index is 930. The monoisotopic (exact) mass is 487 g/mol. The molecule has 0 unspecified atom stereocenters. The zero-order valence-corrected chi connectivity index (χ0v) is 24.1. The van der Waals surface area contributed by atoms with Crippen LogP contribution in [-0.4, -0.2) is 34.8 Å². The number of carboxylic acid groups (broad SMARTS) is 1. The number of benzene rings is 1. The Labute approximate surface area is 239 Å². The normalized spacial score (nSPS) is 12.8. The fraction of sp³-hybridized carbons (Fsp3) is 0.500. The zero-order chi connectivity index (χ0) is 24.9. The molecule has 0 saturated heterocycles. The first-order valence-corrected chi connectivity index (χ1v) is 10.3. The second kappa shape index (κ2) is 12.8. The summed E-state index contributed by atoms with van der Waals surface area (Å²) < 4.78 is 10.9. The predicted octanol–water partition coefficient (Wildman–Crippen LogP) is 0.784. The average Bonchev–Trinajstić information content (AvgIpc) is 2.60. The predicted molar refractivity (Wildman–Crippen MR) is 120 cm³/mol. The number of aliphatic carboxylic acids is 1. The van der Waals surface area contributed by atoms with Crippen LogP contribution < -0.4 is 66.2 Å². The maximum atomic E-state index is 12.5. The maximum Gasteiger partial charge on any atom is 1.00 e. The van der Waals surface area contributed by atoms with Gasteiger partial charge in [0, 0.05) is 12.1 Å². The fourth-order valence-corrected chi connectivity index (χ4v) is 2.41. The van der Waals surface area contributed by atoms with E-state index in [0.29, 0.717) is 11.3 Å². The molecule has 0 aliphatic carbocycles. The molecular weight excluding hydrogens is 453 g/mol. The van der Waals surface area contributed by atoms with Crippen molar-refractivity contribution >= 4 is 23.7 Å². The summed E-state index contributed by atoms with van der Waals surface area (Å²) in [7, 11) is 0. The molecule has 2 N–H and O–H groups in total. The van der Waals surface area contributed by atoms with E-state index in [2.05, 4.69) is 5.32 Å². The van der Waals surface area contributed by atoms with E-state index in [1.165, 1.54) is 25.1 Å². The first-order valence-electron chi connectivity index (χ1n) is 10.3. The van der Waals surface area contributed by atoms with Crippen molar-refractivity contribution in [3.63, 3.8) is 0 Å². The van der Waals surface area contributed by atoms with Gasteiger partial charge in [-0.3, -0.25) is 14.4 Å². The van der Waals surface area contributed by atoms with E-state index in [1.54, 1.807) is 54.5 Å². The summed E-state index contributed by atoms with van der Waals surface area (Å²) in [6.45, 7) is 13.1. The Morgan fingerprint density at radius 2 is 1.45 bits per heavy atom. The fourth-order valence-electron chi connectivity index (χ4n) is 2.41. The third-order valence-electron chi connectivity index (χ3n) is 4.20. The van der Waals surface area contributed by atoms with E-state index >= 15 is 0 Å². The van der Waals surface area contributed by atoms with Gasteiger partial charge in [-0.15, -0.1) is 0 Å². The molecule has 0 fully saturated rings. The van der Waals surface area contributed by atoms with E-state index in [4.69, 9.17) is 9.47 Å². The molecule has 0 heterocycles. The van der Waals surface area contributed by atoms with Gasteiger partial charge in [0.1, 0.15) is 6.04 Å². The molecule has 1 aromatic carbocycles. The molecule has 0 saturated carbocycles. The van der Waals surface area contributed by atoms with Crippen molar-refractivity contribution in [2.75, 3.05) is 0 Å². The van der Waals surface area contributed by atoms with Crippen molar-refractivity contribution in [1.29, 1.82) is 0 Å². The third-order valence-corrected chi connectivity index (χ3v) is 4.20. The van der Waals surface area contributed by atoms with Gasteiger partial charge in [0.15, 0.2) is 17.3 Å². The number of carbonyl (C=O) groups is 4. The van der Waals surface area contributed by atoms with E-state index < -0.39 is 34.8 Å². The molecule has 1 rings (SSSR count). The summed E-state index contributed by atoms with van der Waals surface area (Å²) in [4.78, 5) is 47.7. The van der Waals surface area contributed by atoms with E-state index in [0.717, 1.165) is 0 Å². The molecule has 0 radical (unpaired) electrons. The molecule has 0 bridgehead atoms. The molecule has 178 valence electrons. The Morgan fingerprint density at radius 3 is 1.88 bits per heavy atom. The van der Waals surface area contributed by atoms with Gasteiger partial charge in [-0.2, -0.15) is 0 Å². The molecule has 0 aliphatic rings. The molecule has 8 nitrogen and oxygen atoms in total. The third kappa shape index (κ3) is 11.0. The molecule has 1 atom stereocenters. The van der Waals surface area contributed by atoms with Gasteiger partial charge in [0.2, 0.25) is 0 Å². The van der Waals surface area contributed by atoms with Crippen molar-refractivity contribution in [3.8, 4) is 11.5 Å². The molecule has 9 heteroatoms. The largest absolute Gasteiger partial charge is 1.00 e. The first-order chi connectivity index (χ1) is 14.5. The van der Waals surface area contributed by atoms with Crippen molar-refractivity contribution in [3.05, 3.63) is 35.5 Å². The number of carboxylic acids is 1. The number of hydrogen-bond donors (Lipinski definition) is 2. The Hall–Kier alpha value is -1.52. The summed E-state index contributed by atoms with van der Waals surface area (Å²) in [5.41, 5.74) is -0.628. The van der Waals surface area contributed by atoms with Gasteiger partial charge in [-0.25, -0.2) is 4.79 Å². The number of ketones is 1. The second-order valence-corrected chi connectivity index (χ2v) is 9.74. The van der Waals surface area contributed by atoms with Crippen molar-refractivity contribution in [2.45, 2.75) is 67.9 Å². The quantitative estimate of drug-likeness (QED) is 0.239. The minimum Gasteiger partial charge on any atom is -1.00 e. The topological polar surface area (TPSA) is 119 Å². The van der Waals surface area contributed by atoms with Crippen LogP contribution in [0.3, 0.4) is 0 Å². The van der Waals surface area contributed by atoms with Gasteiger partial charge in [-0.05, 0) is 79.2 Å². The van der Waals surface area contributed by atoms with Crippen LogP contribution in [0.4, 0.5) is 0 Å².